The van der Waals surface area contributed by atoms with Crippen LogP contribution in [0.25, 0.3) is 5.69 Å². The average Bonchev–Trinajstić information content (AvgIpc) is 3.20. The third-order valence-electron chi connectivity index (χ3n) is 3.77. The van der Waals surface area contributed by atoms with Crippen molar-refractivity contribution in [3.05, 3.63) is 72.3 Å². The Morgan fingerprint density at radius 1 is 1.11 bits per heavy atom. The Hall–Kier alpha value is -3.27. The summed E-state index contributed by atoms with van der Waals surface area (Å²) in [5.74, 6) is 0. The molecule has 0 aliphatic carbocycles. The number of hydrogen-bond acceptors (Lipinski definition) is 4. The van der Waals surface area contributed by atoms with Gasteiger partial charge in [-0.25, -0.2) is 9.67 Å². The van der Waals surface area contributed by atoms with Crippen LogP contribution in [-0.2, 0) is 6.18 Å². The monoisotopic (exact) mass is 404 g/mol. The molecule has 0 radical (unpaired) electrons. The number of hydrazone groups is 1. The van der Waals surface area contributed by atoms with Gasteiger partial charge in [0.1, 0.15) is 12.7 Å². The van der Waals surface area contributed by atoms with Crippen molar-refractivity contribution in [1.82, 2.24) is 20.2 Å². The van der Waals surface area contributed by atoms with Gasteiger partial charge in [0.2, 0.25) is 0 Å². The highest BCUT2D eigenvalue weighted by Gasteiger charge is 2.33. The SMILES string of the molecule is C/C(=N\NC(=S)Nc1ccccc1C(F)(F)F)c1ccc(-n2cncn2)cc1. The van der Waals surface area contributed by atoms with Crippen LogP contribution in [0, 0.1) is 0 Å². The lowest BCUT2D eigenvalue weighted by Crippen LogP contribution is -2.26. The summed E-state index contributed by atoms with van der Waals surface area (Å²) in [6.45, 7) is 1.75. The van der Waals surface area contributed by atoms with E-state index < -0.39 is 11.7 Å². The van der Waals surface area contributed by atoms with Gasteiger partial charge in [-0.1, -0.05) is 24.3 Å². The maximum atomic E-state index is 13.0. The van der Waals surface area contributed by atoms with Gasteiger partial charge in [-0.15, -0.1) is 0 Å². The van der Waals surface area contributed by atoms with E-state index in [2.05, 4.69) is 25.9 Å². The second-order valence-electron chi connectivity index (χ2n) is 5.69. The Morgan fingerprint density at radius 3 is 2.46 bits per heavy atom. The van der Waals surface area contributed by atoms with Gasteiger partial charge in [-0.05, 0) is 49.0 Å². The van der Waals surface area contributed by atoms with E-state index in [0.717, 1.165) is 17.3 Å². The fraction of sp³-hybridized carbons (Fsp3) is 0.111. The molecule has 0 fully saturated rings. The lowest BCUT2D eigenvalue weighted by molar-refractivity contribution is -0.136. The van der Waals surface area contributed by atoms with Gasteiger partial charge in [0.05, 0.1) is 22.6 Å². The van der Waals surface area contributed by atoms with Crippen molar-refractivity contribution in [1.29, 1.82) is 0 Å². The molecule has 3 rings (SSSR count). The molecule has 2 aromatic carbocycles. The van der Waals surface area contributed by atoms with E-state index in [1.54, 1.807) is 17.9 Å². The average molecular weight is 404 g/mol. The van der Waals surface area contributed by atoms with Gasteiger partial charge in [0, 0.05) is 0 Å². The zero-order valence-corrected chi connectivity index (χ0v) is 15.4. The molecule has 0 aliphatic rings. The molecule has 144 valence electrons. The summed E-state index contributed by atoms with van der Waals surface area (Å²) in [5.41, 5.74) is 3.88. The van der Waals surface area contributed by atoms with Crippen LogP contribution < -0.4 is 10.7 Å². The van der Waals surface area contributed by atoms with Gasteiger partial charge < -0.3 is 5.32 Å². The number of halogens is 3. The molecule has 0 bridgehead atoms. The third-order valence-corrected chi connectivity index (χ3v) is 3.97. The topological polar surface area (TPSA) is 67.1 Å². The van der Waals surface area contributed by atoms with Gasteiger partial charge in [0.25, 0.3) is 0 Å². The number of thiocarbonyl (C=S) groups is 1. The van der Waals surface area contributed by atoms with Gasteiger partial charge >= 0.3 is 6.18 Å². The zero-order chi connectivity index (χ0) is 20.1. The molecule has 3 aromatic rings. The van der Waals surface area contributed by atoms with Crippen molar-refractivity contribution >= 4 is 28.7 Å². The molecule has 2 N–H and O–H groups in total. The number of aromatic nitrogens is 3. The number of alkyl halides is 3. The summed E-state index contributed by atoms with van der Waals surface area (Å²) in [7, 11) is 0. The summed E-state index contributed by atoms with van der Waals surface area (Å²) < 4.78 is 40.7. The zero-order valence-electron chi connectivity index (χ0n) is 14.6. The van der Waals surface area contributed by atoms with E-state index in [-0.39, 0.29) is 10.8 Å². The van der Waals surface area contributed by atoms with Crippen molar-refractivity contribution in [2.24, 2.45) is 5.10 Å². The lowest BCUT2D eigenvalue weighted by atomic mass is 10.1. The lowest BCUT2D eigenvalue weighted by Gasteiger charge is -2.14. The summed E-state index contributed by atoms with van der Waals surface area (Å²) >= 11 is 5.05. The summed E-state index contributed by atoms with van der Waals surface area (Å²) in [5, 5.41) is 10.6. The Morgan fingerprint density at radius 2 is 1.82 bits per heavy atom. The second kappa shape index (κ2) is 8.17. The van der Waals surface area contributed by atoms with E-state index in [1.165, 1.54) is 24.5 Å². The fourth-order valence-corrected chi connectivity index (χ4v) is 2.54. The number of anilines is 1. The molecular formula is C18H15F3N6S. The minimum Gasteiger partial charge on any atom is -0.331 e. The maximum absolute atomic E-state index is 13.0. The number of hydrogen-bond donors (Lipinski definition) is 2. The molecule has 28 heavy (non-hydrogen) atoms. The fourth-order valence-electron chi connectivity index (χ4n) is 2.39. The van der Waals surface area contributed by atoms with Crippen molar-refractivity contribution < 1.29 is 13.2 Å². The van der Waals surface area contributed by atoms with Crippen molar-refractivity contribution in [2.75, 3.05) is 5.32 Å². The van der Waals surface area contributed by atoms with E-state index in [1.807, 2.05) is 24.3 Å². The number of rotatable bonds is 4. The number of nitrogens with zero attached hydrogens (tertiary/aromatic N) is 4. The first-order valence-electron chi connectivity index (χ1n) is 8.07. The first-order valence-corrected chi connectivity index (χ1v) is 8.48. The van der Waals surface area contributed by atoms with Crippen molar-refractivity contribution in [2.45, 2.75) is 13.1 Å². The number of nitrogens with one attached hydrogen (secondary N) is 2. The first-order chi connectivity index (χ1) is 13.3. The number of para-hydroxylation sites is 1. The van der Waals surface area contributed by atoms with Crippen LogP contribution >= 0.6 is 12.2 Å². The second-order valence-corrected chi connectivity index (χ2v) is 6.10. The summed E-state index contributed by atoms with van der Waals surface area (Å²) in [4.78, 5) is 3.89. The Kier molecular flexibility index (Phi) is 5.69. The van der Waals surface area contributed by atoms with Crippen LogP contribution in [0.5, 0.6) is 0 Å². The Balaban J connectivity index is 1.66. The first kappa shape index (κ1) is 19.5. The molecule has 0 saturated carbocycles. The highest BCUT2D eigenvalue weighted by molar-refractivity contribution is 7.80. The highest BCUT2D eigenvalue weighted by Crippen LogP contribution is 2.34. The molecule has 0 spiro atoms. The Labute approximate surface area is 164 Å². The predicted molar refractivity (Wildman–Crippen MR) is 104 cm³/mol. The standard InChI is InChI=1S/C18H15F3N6S/c1-12(13-6-8-14(9-7-13)27-11-22-10-23-27)25-26-17(28)24-16-5-3-2-4-15(16)18(19,20)21/h2-11H,1H3,(H2,24,26,28)/b25-12+. The summed E-state index contributed by atoms with van der Waals surface area (Å²) in [6.07, 6.45) is -1.46. The molecule has 1 heterocycles. The van der Waals surface area contributed by atoms with Gasteiger partial charge in [-0.3, -0.25) is 5.43 Å². The maximum Gasteiger partial charge on any atom is 0.418 e. The highest BCUT2D eigenvalue weighted by atomic mass is 32.1. The molecule has 0 unspecified atom stereocenters. The van der Waals surface area contributed by atoms with E-state index in [9.17, 15) is 13.2 Å². The molecule has 0 aliphatic heterocycles. The molecule has 0 atom stereocenters. The quantitative estimate of drug-likeness (QED) is 0.391. The van der Waals surface area contributed by atoms with Crippen LogP contribution in [-0.4, -0.2) is 25.6 Å². The van der Waals surface area contributed by atoms with E-state index in [4.69, 9.17) is 12.2 Å². The molecule has 0 saturated heterocycles. The van der Waals surface area contributed by atoms with Crippen molar-refractivity contribution in [3.63, 3.8) is 0 Å². The summed E-state index contributed by atoms with van der Waals surface area (Å²) in [6, 6.07) is 12.5. The van der Waals surface area contributed by atoms with Crippen LogP contribution in [0.4, 0.5) is 18.9 Å². The Bertz CT molecular complexity index is 981. The minimum absolute atomic E-state index is 0.0460. The molecule has 1 aromatic heterocycles. The third kappa shape index (κ3) is 4.71. The van der Waals surface area contributed by atoms with E-state index in [0.29, 0.717) is 5.71 Å². The van der Waals surface area contributed by atoms with Crippen LogP contribution in [0.3, 0.4) is 0 Å². The van der Waals surface area contributed by atoms with Gasteiger partial charge in [0.15, 0.2) is 5.11 Å². The molecule has 6 nitrogen and oxygen atoms in total. The van der Waals surface area contributed by atoms with Gasteiger partial charge in [-0.2, -0.15) is 23.4 Å². The normalized spacial score (nSPS) is 11.9. The molecular weight excluding hydrogens is 389 g/mol. The largest absolute Gasteiger partial charge is 0.418 e. The van der Waals surface area contributed by atoms with Crippen LogP contribution in [0.2, 0.25) is 0 Å². The van der Waals surface area contributed by atoms with Crippen LogP contribution in [0.1, 0.15) is 18.1 Å². The molecule has 0 amide bonds. The molecule has 10 heteroatoms. The predicted octanol–water partition coefficient (Wildman–Crippen LogP) is 4.00. The van der Waals surface area contributed by atoms with Crippen molar-refractivity contribution in [3.8, 4) is 5.69 Å². The van der Waals surface area contributed by atoms with Crippen LogP contribution in [0.15, 0.2) is 66.3 Å². The minimum atomic E-state index is -4.48. The number of benzene rings is 2. The smallest absolute Gasteiger partial charge is 0.331 e. The van der Waals surface area contributed by atoms with E-state index >= 15 is 0 Å².